The number of anilines is 1. The molecule has 11 heteroatoms. The third-order valence-corrected chi connectivity index (χ3v) is 8.33. The highest BCUT2D eigenvalue weighted by Crippen LogP contribution is 2.29. The van der Waals surface area contributed by atoms with Crippen LogP contribution in [0.4, 0.5) is 5.69 Å². The SMILES string of the molecule is COc1ccc2cc1OCC(=O)NCc1ccc(cc1)O[C@H]1CN(C(=O)c3ccc(N4CCCC4=O)cc3)C[C@@H]1NC(=O)CC2. The number of hydrogen-bond acceptors (Lipinski definition) is 7. The first-order chi connectivity index (χ1) is 21.9. The smallest absolute Gasteiger partial charge is 0.258 e. The van der Waals surface area contributed by atoms with Crippen LogP contribution < -0.4 is 29.7 Å². The van der Waals surface area contributed by atoms with Crippen LogP contribution in [0, 0.1) is 0 Å². The third-order valence-electron chi connectivity index (χ3n) is 8.33. The lowest BCUT2D eigenvalue weighted by Crippen LogP contribution is -2.45. The fourth-order valence-corrected chi connectivity index (χ4v) is 5.87. The summed E-state index contributed by atoms with van der Waals surface area (Å²) in [5.74, 6) is 0.970. The molecule has 2 fully saturated rings. The molecule has 3 aromatic carbocycles. The second-order valence-electron chi connectivity index (χ2n) is 11.4. The van der Waals surface area contributed by atoms with E-state index in [1.54, 1.807) is 46.2 Å². The zero-order valence-electron chi connectivity index (χ0n) is 25.1. The molecule has 4 aliphatic rings. The van der Waals surface area contributed by atoms with E-state index in [0.717, 1.165) is 23.2 Å². The lowest BCUT2D eigenvalue weighted by atomic mass is 10.1. The molecule has 11 nitrogen and oxygen atoms in total. The lowest BCUT2D eigenvalue weighted by Gasteiger charge is -2.21. The first-order valence-electron chi connectivity index (χ1n) is 15.2. The molecule has 4 heterocycles. The molecule has 2 atom stereocenters. The molecular formula is C34H36N4O7. The van der Waals surface area contributed by atoms with Gasteiger partial charge in [0.1, 0.15) is 11.9 Å². The van der Waals surface area contributed by atoms with Crippen molar-refractivity contribution >= 4 is 29.3 Å². The van der Waals surface area contributed by atoms with Crippen LogP contribution >= 0.6 is 0 Å². The van der Waals surface area contributed by atoms with Crippen molar-refractivity contribution in [2.45, 2.75) is 44.4 Å². The van der Waals surface area contributed by atoms with E-state index in [-0.39, 0.29) is 49.7 Å². The number of rotatable bonds is 3. The quantitative estimate of drug-likeness (QED) is 0.466. The van der Waals surface area contributed by atoms with Crippen LogP contribution in [0.3, 0.4) is 0 Å². The summed E-state index contributed by atoms with van der Waals surface area (Å²) in [5, 5.41) is 5.95. The average Bonchev–Trinajstić information content (AvgIpc) is 3.67. The standard InChI is InChI=1S/C34H36N4O7/c1-43-28-14-6-22-7-15-31(39)36-27-19-37(34(42)24-8-10-25(11-9-24)38-16-2-3-33(38)41)20-30(27)45-26-12-4-23(5-13-26)18-35-32(40)21-44-29(28)17-22/h4-6,8-14,17,27,30H,2-3,7,15-16,18-21H2,1H3,(H,35,40)(H,36,39)/t27-,30-/m0/s1. The van der Waals surface area contributed by atoms with Crippen molar-refractivity contribution in [2.75, 3.05) is 38.3 Å². The molecule has 4 aliphatic heterocycles. The van der Waals surface area contributed by atoms with E-state index in [4.69, 9.17) is 14.2 Å². The van der Waals surface area contributed by atoms with Gasteiger partial charge < -0.3 is 34.6 Å². The Balaban J connectivity index is 1.20. The van der Waals surface area contributed by atoms with E-state index in [1.165, 1.54) is 7.11 Å². The van der Waals surface area contributed by atoms with Gasteiger partial charge in [-0.1, -0.05) is 18.2 Å². The molecule has 0 radical (unpaired) electrons. The van der Waals surface area contributed by atoms with Gasteiger partial charge in [-0.25, -0.2) is 0 Å². The summed E-state index contributed by atoms with van der Waals surface area (Å²) >= 11 is 0. The minimum Gasteiger partial charge on any atom is -0.493 e. The highest BCUT2D eigenvalue weighted by Gasteiger charge is 2.38. The van der Waals surface area contributed by atoms with Gasteiger partial charge in [-0.15, -0.1) is 0 Å². The van der Waals surface area contributed by atoms with Crippen molar-refractivity contribution in [1.29, 1.82) is 0 Å². The van der Waals surface area contributed by atoms with E-state index in [0.29, 0.717) is 48.7 Å². The van der Waals surface area contributed by atoms with Gasteiger partial charge in [0.05, 0.1) is 19.7 Å². The highest BCUT2D eigenvalue weighted by atomic mass is 16.5. The number of nitrogens with zero attached hydrogens (tertiary/aromatic N) is 2. The van der Waals surface area contributed by atoms with Crippen molar-refractivity contribution < 1.29 is 33.4 Å². The Morgan fingerprint density at radius 1 is 0.889 bits per heavy atom. The Kier molecular flexibility index (Phi) is 8.86. The monoisotopic (exact) mass is 612 g/mol. The predicted molar refractivity (Wildman–Crippen MR) is 165 cm³/mol. The van der Waals surface area contributed by atoms with Crippen LogP contribution in [0.2, 0.25) is 0 Å². The number of likely N-dealkylation sites (tertiary alicyclic amines) is 1. The average molecular weight is 613 g/mol. The molecule has 0 aromatic heterocycles. The van der Waals surface area contributed by atoms with Gasteiger partial charge in [0.25, 0.3) is 11.8 Å². The molecule has 45 heavy (non-hydrogen) atoms. The number of nitrogens with one attached hydrogen (secondary N) is 2. The minimum absolute atomic E-state index is 0.0916. The molecule has 2 saturated heterocycles. The molecule has 0 saturated carbocycles. The number of hydrogen-bond donors (Lipinski definition) is 2. The van der Waals surface area contributed by atoms with Crippen molar-refractivity contribution in [1.82, 2.24) is 15.5 Å². The summed E-state index contributed by atoms with van der Waals surface area (Å²) in [4.78, 5) is 54.8. The molecule has 4 amide bonds. The van der Waals surface area contributed by atoms with Crippen LogP contribution in [-0.4, -0.2) is 74.0 Å². The van der Waals surface area contributed by atoms with Crippen LogP contribution in [-0.2, 0) is 27.3 Å². The Bertz CT molecular complexity index is 1570. The lowest BCUT2D eigenvalue weighted by molar-refractivity contribution is -0.123. The van der Waals surface area contributed by atoms with Crippen molar-refractivity contribution in [3.05, 3.63) is 83.4 Å². The highest BCUT2D eigenvalue weighted by molar-refractivity contribution is 5.97. The normalized spacial score (nSPS) is 20.6. The van der Waals surface area contributed by atoms with E-state index in [2.05, 4.69) is 10.6 Å². The van der Waals surface area contributed by atoms with Crippen LogP contribution in [0.25, 0.3) is 0 Å². The molecule has 2 N–H and O–H groups in total. The second kappa shape index (κ2) is 13.3. The first kappa shape index (κ1) is 30.0. The van der Waals surface area contributed by atoms with Crippen molar-refractivity contribution in [3.8, 4) is 17.2 Å². The van der Waals surface area contributed by atoms with Crippen LogP contribution in [0.15, 0.2) is 66.7 Å². The zero-order valence-corrected chi connectivity index (χ0v) is 25.1. The van der Waals surface area contributed by atoms with Crippen LogP contribution in [0.1, 0.15) is 40.7 Å². The zero-order chi connectivity index (χ0) is 31.3. The molecule has 0 aliphatic carbocycles. The Morgan fingerprint density at radius 3 is 2.40 bits per heavy atom. The van der Waals surface area contributed by atoms with Gasteiger partial charge in [-0.05, 0) is 72.5 Å². The Labute approximate surface area is 261 Å². The largest absolute Gasteiger partial charge is 0.493 e. The number of fused-ring (bicyclic) bond motifs is 9. The number of carbonyl (C=O) groups excluding carboxylic acids is 4. The maximum atomic E-state index is 13.6. The van der Waals surface area contributed by atoms with Gasteiger partial charge in [0, 0.05) is 43.7 Å². The number of methoxy groups -OCH3 is 1. The van der Waals surface area contributed by atoms with E-state index in [1.807, 2.05) is 30.3 Å². The third kappa shape index (κ3) is 7.03. The van der Waals surface area contributed by atoms with Crippen LogP contribution in [0.5, 0.6) is 17.2 Å². The molecular weight excluding hydrogens is 576 g/mol. The topological polar surface area (TPSA) is 127 Å². The van der Waals surface area contributed by atoms with E-state index < -0.39 is 12.1 Å². The van der Waals surface area contributed by atoms with Gasteiger partial charge >= 0.3 is 0 Å². The van der Waals surface area contributed by atoms with Gasteiger partial charge in [-0.3, -0.25) is 19.2 Å². The van der Waals surface area contributed by atoms with Gasteiger partial charge in [0.15, 0.2) is 18.1 Å². The number of ether oxygens (including phenoxy) is 3. The van der Waals surface area contributed by atoms with Crippen molar-refractivity contribution in [2.24, 2.45) is 0 Å². The Hall–Kier alpha value is -5.06. The summed E-state index contributed by atoms with van der Waals surface area (Å²) < 4.78 is 17.5. The Morgan fingerprint density at radius 2 is 1.67 bits per heavy atom. The maximum absolute atomic E-state index is 13.6. The number of aryl methyl sites for hydroxylation is 1. The van der Waals surface area contributed by atoms with Crippen molar-refractivity contribution in [3.63, 3.8) is 0 Å². The number of benzene rings is 3. The molecule has 234 valence electrons. The van der Waals surface area contributed by atoms with Gasteiger partial charge in [-0.2, -0.15) is 0 Å². The predicted octanol–water partition coefficient (Wildman–Crippen LogP) is 2.85. The minimum atomic E-state index is -0.479. The number of carbonyl (C=O) groups is 4. The molecule has 0 unspecified atom stereocenters. The molecule has 4 bridgehead atoms. The van der Waals surface area contributed by atoms with E-state index in [9.17, 15) is 19.2 Å². The summed E-state index contributed by atoms with van der Waals surface area (Å²) in [6.07, 6.45) is 1.53. The second-order valence-corrected chi connectivity index (χ2v) is 11.4. The first-order valence-corrected chi connectivity index (χ1v) is 15.2. The molecule has 3 aromatic rings. The fraction of sp³-hybridized carbons (Fsp3) is 0.353. The maximum Gasteiger partial charge on any atom is 0.258 e. The molecule has 7 rings (SSSR count). The summed E-state index contributed by atoms with van der Waals surface area (Å²) in [6.45, 7) is 1.39. The fourth-order valence-electron chi connectivity index (χ4n) is 5.87. The van der Waals surface area contributed by atoms with Gasteiger partial charge in [0.2, 0.25) is 11.8 Å². The number of amides is 4. The summed E-state index contributed by atoms with van der Waals surface area (Å²) in [6, 6.07) is 19.4. The summed E-state index contributed by atoms with van der Waals surface area (Å²) in [7, 11) is 1.53. The molecule has 0 spiro atoms. The van der Waals surface area contributed by atoms with E-state index >= 15 is 0 Å². The summed E-state index contributed by atoms with van der Waals surface area (Å²) in [5.41, 5.74) is 3.01.